The summed E-state index contributed by atoms with van der Waals surface area (Å²) in [6.07, 6.45) is 3.11. The second-order valence-corrected chi connectivity index (χ2v) is 5.54. The van der Waals surface area contributed by atoms with Gasteiger partial charge in [0.2, 0.25) is 5.91 Å². The van der Waals surface area contributed by atoms with E-state index in [4.69, 9.17) is 34.8 Å². The van der Waals surface area contributed by atoms with Crippen LogP contribution < -0.4 is 5.32 Å². The van der Waals surface area contributed by atoms with E-state index in [-0.39, 0.29) is 5.91 Å². The Morgan fingerprint density at radius 2 is 1.76 bits per heavy atom. The summed E-state index contributed by atoms with van der Waals surface area (Å²) in [6.45, 7) is 0.379. The van der Waals surface area contributed by atoms with Gasteiger partial charge in [-0.15, -0.1) is 0 Å². The van der Waals surface area contributed by atoms with Gasteiger partial charge in [-0.05, 0) is 35.4 Å². The van der Waals surface area contributed by atoms with Gasteiger partial charge in [0.05, 0.1) is 10.0 Å². The molecular weight excluding hydrogens is 329 g/mol. The SMILES string of the molecule is O=C(/C=C/c1ccc(Cl)c(Cl)c1)NCc1ccccc1Cl. The van der Waals surface area contributed by atoms with E-state index in [1.165, 1.54) is 6.08 Å². The highest BCUT2D eigenvalue weighted by Crippen LogP contribution is 2.23. The van der Waals surface area contributed by atoms with Crippen LogP contribution in [-0.2, 0) is 11.3 Å². The number of carbonyl (C=O) groups is 1. The van der Waals surface area contributed by atoms with Crippen molar-refractivity contribution in [1.82, 2.24) is 5.32 Å². The molecule has 2 aromatic carbocycles. The Morgan fingerprint density at radius 1 is 1.00 bits per heavy atom. The Labute approximate surface area is 138 Å². The molecule has 0 radical (unpaired) electrons. The van der Waals surface area contributed by atoms with Crippen LogP contribution in [0.2, 0.25) is 15.1 Å². The molecular formula is C16H12Cl3NO. The first kappa shape index (κ1) is 15.9. The Bertz CT molecular complexity index is 683. The molecule has 2 rings (SSSR count). The molecule has 0 spiro atoms. The summed E-state index contributed by atoms with van der Waals surface area (Å²) in [7, 11) is 0. The summed E-state index contributed by atoms with van der Waals surface area (Å²) in [4.78, 5) is 11.8. The average molecular weight is 341 g/mol. The molecule has 108 valence electrons. The Hall–Kier alpha value is -1.48. The molecule has 0 heterocycles. The Morgan fingerprint density at radius 3 is 2.48 bits per heavy atom. The molecule has 0 atom stereocenters. The molecule has 0 aliphatic heterocycles. The fourth-order valence-corrected chi connectivity index (χ4v) is 2.18. The van der Waals surface area contributed by atoms with Gasteiger partial charge in [0.1, 0.15) is 0 Å². The van der Waals surface area contributed by atoms with Crippen molar-refractivity contribution in [2.45, 2.75) is 6.54 Å². The molecule has 0 fully saturated rings. The minimum Gasteiger partial charge on any atom is -0.348 e. The summed E-state index contributed by atoms with van der Waals surface area (Å²) in [5.41, 5.74) is 1.67. The molecule has 0 aliphatic rings. The predicted molar refractivity (Wildman–Crippen MR) is 88.8 cm³/mol. The maximum Gasteiger partial charge on any atom is 0.244 e. The number of carbonyl (C=O) groups excluding carboxylic acids is 1. The number of halogens is 3. The van der Waals surface area contributed by atoms with Gasteiger partial charge in [-0.25, -0.2) is 0 Å². The van der Waals surface area contributed by atoms with Gasteiger partial charge in [-0.1, -0.05) is 59.1 Å². The molecule has 0 bridgehead atoms. The maximum absolute atomic E-state index is 11.8. The van der Waals surface area contributed by atoms with Gasteiger partial charge < -0.3 is 5.32 Å². The van der Waals surface area contributed by atoms with Gasteiger partial charge in [0.25, 0.3) is 0 Å². The van der Waals surface area contributed by atoms with E-state index in [0.29, 0.717) is 21.6 Å². The van der Waals surface area contributed by atoms with Crippen LogP contribution in [0.3, 0.4) is 0 Å². The molecule has 5 heteroatoms. The van der Waals surface area contributed by atoms with E-state index in [1.54, 1.807) is 30.3 Å². The fourth-order valence-electron chi connectivity index (χ4n) is 1.67. The summed E-state index contributed by atoms with van der Waals surface area (Å²) < 4.78 is 0. The number of rotatable bonds is 4. The van der Waals surface area contributed by atoms with Crippen molar-refractivity contribution >= 4 is 46.8 Å². The van der Waals surface area contributed by atoms with Crippen molar-refractivity contribution < 1.29 is 4.79 Å². The van der Waals surface area contributed by atoms with E-state index in [2.05, 4.69) is 5.32 Å². The molecule has 1 amide bonds. The average Bonchev–Trinajstić information content (AvgIpc) is 2.47. The van der Waals surface area contributed by atoms with Crippen LogP contribution in [-0.4, -0.2) is 5.91 Å². The van der Waals surface area contributed by atoms with E-state index in [0.717, 1.165) is 11.1 Å². The van der Waals surface area contributed by atoms with Crippen LogP contribution in [0.5, 0.6) is 0 Å². The zero-order valence-electron chi connectivity index (χ0n) is 10.9. The fraction of sp³-hybridized carbons (Fsp3) is 0.0625. The summed E-state index contributed by atoms with van der Waals surface area (Å²) in [5, 5.41) is 4.33. The predicted octanol–water partition coefficient (Wildman–Crippen LogP) is 4.98. The van der Waals surface area contributed by atoms with Crippen LogP contribution >= 0.6 is 34.8 Å². The molecule has 1 N–H and O–H groups in total. The number of hydrogen-bond acceptors (Lipinski definition) is 1. The van der Waals surface area contributed by atoms with Crippen molar-refractivity contribution in [3.8, 4) is 0 Å². The lowest BCUT2D eigenvalue weighted by Crippen LogP contribution is -2.20. The van der Waals surface area contributed by atoms with Gasteiger partial charge in [0, 0.05) is 17.6 Å². The first-order chi connectivity index (χ1) is 10.1. The van der Waals surface area contributed by atoms with Gasteiger partial charge >= 0.3 is 0 Å². The Kier molecular flexibility index (Phi) is 5.68. The molecule has 0 aliphatic carbocycles. The quantitative estimate of drug-likeness (QED) is 0.782. The molecule has 0 unspecified atom stereocenters. The van der Waals surface area contributed by atoms with Gasteiger partial charge in [-0.3, -0.25) is 4.79 Å². The smallest absolute Gasteiger partial charge is 0.244 e. The van der Waals surface area contributed by atoms with E-state index in [9.17, 15) is 4.79 Å². The van der Waals surface area contributed by atoms with Crippen LogP contribution in [0.25, 0.3) is 6.08 Å². The first-order valence-corrected chi connectivity index (χ1v) is 7.34. The zero-order chi connectivity index (χ0) is 15.2. The minimum absolute atomic E-state index is 0.207. The number of hydrogen-bond donors (Lipinski definition) is 1. The number of benzene rings is 2. The summed E-state index contributed by atoms with van der Waals surface area (Å²) in [5.74, 6) is -0.207. The minimum atomic E-state index is -0.207. The third-order valence-corrected chi connectivity index (χ3v) is 3.89. The lowest BCUT2D eigenvalue weighted by molar-refractivity contribution is -0.116. The second-order valence-electron chi connectivity index (χ2n) is 4.32. The zero-order valence-corrected chi connectivity index (χ0v) is 13.2. The van der Waals surface area contributed by atoms with Gasteiger partial charge in [-0.2, -0.15) is 0 Å². The normalized spacial score (nSPS) is 10.8. The van der Waals surface area contributed by atoms with Crippen LogP contribution in [0.1, 0.15) is 11.1 Å². The van der Waals surface area contributed by atoms with Crippen molar-refractivity contribution in [1.29, 1.82) is 0 Å². The van der Waals surface area contributed by atoms with Crippen molar-refractivity contribution in [2.24, 2.45) is 0 Å². The third-order valence-electron chi connectivity index (χ3n) is 2.78. The van der Waals surface area contributed by atoms with E-state index < -0.39 is 0 Å². The van der Waals surface area contributed by atoms with Crippen LogP contribution in [0, 0.1) is 0 Å². The Balaban J connectivity index is 1.94. The lowest BCUT2D eigenvalue weighted by atomic mass is 10.2. The summed E-state index contributed by atoms with van der Waals surface area (Å²) in [6, 6.07) is 12.5. The second kappa shape index (κ2) is 7.51. The van der Waals surface area contributed by atoms with Gasteiger partial charge in [0.15, 0.2) is 0 Å². The topological polar surface area (TPSA) is 29.1 Å². The first-order valence-electron chi connectivity index (χ1n) is 6.20. The number of nitrogens with one attached hydrogen (secondary N) is 1. The molecule has 0 saturated carbocycles. The van der Waals surface area contributed by atoms with Crippen LogP contribution in [0.15, 0.2) is 48.5 Å². The highest BCUT2D eigenvalue weighted by molar-refractivity contribution is 6.42. The molecule has 2 nitrogen and oxygen atoms in total. The van der Waals surface area contributed by atoms with Crippen LogP contribution in [0.4, 0.5) is 0 Å². The largest absolute Gasteiger partial charge is 0.348 e. The van der Waals surface area contributed by atoms with Crippen molar-refractivity contribution in [3.05, 3.63) is 74.7 Å². The van der Waals surface area contributed by atoms with Crippen molar-refractivity contribution in [2.75, 3.05) is 0 Å². The molecule has 0 saturated heterocycles. The lowest BCUT2D eigenvalue weighted by Gasteiger charge is -2.04. The van der Waals surface area contributed by atoms with E-state index in [1.807, 2.05) is 18.2 Å². The highest BCUT2D eigenvalue weighted by atomic mass is 35.5. The van der Waals surface area contributed by atoms with E-state index >= 15 is 0 Å². The molecule has 2 aromatic rings. The number of amides is 1. The third kappa shape index (κ3) is 4.78. The van der Waals surface area contributed by atoms with Crippen molar-refractivity contribution in [3.63, 3.8) is 0 Å². The highest BCUT2D eigenvalue weighted by Gasteiger charge is 2.01. The molecule has 0 aromatic heterocycles. The summed E-state index contributed by atoms with van der Waals surface area (Å²) >= 11 is 17.8. The molecule has 21 heavy (non-hydrogen) atoms. The maximum atomic E-state index is 11.8. The monoisotopic (exact) mass is 339 g/mol. The standard InChI is InChI=1S/C16H12Cl3NO/c17-13-4-2-1-3-12(13)10-20-16(21)8-6-11-5-7-14(18)15(19)9-11/h1-9H,10H2,(H,20,21)/b8-6+.